The Kier molecular flexibility index (Phi) is 4.07. The normalized spacial score (nSPS) is 21.1. The molecule has 1 N–H and O–H groups in total. The summed E-state index contributed by atoms with van der Waals surface area (Å²) in [7, 11) is 0. The number of rotatable bonds is 2. The molecule has 144 valence electrons. The van der Waals surface area contributed by atoms with Gasteiger partial charge in [-0.2, -0.15) is 0 Å². The van der Waals surface area contributed by atoms with E-state index in [-0.39, 0.29) is 11.9 Å². The number of aromatic nitrogens is 2. The van der Waals surface area contributed by atoms with Gasteiger partial charge in [0.2, 0.25) is 0 Å². The van der Waals surface area contributed by atoms with Gasteiger partial charge in [-0.25, -0.2) is 14.4 Å². The number of H-pyrrole nitrogens is 1. The number of halogens is 2. The van der Waals surface area contributed by atoms with Crippen LogP contribution in [-0.4, -0.2) is 45.0 Å². The van der Waals surface area contributed by atoms with Crippen LogP contribution in [0.4, 0.5) is 4.39 Å². The predicted octanol–water partition coefficient (Wildman–Crippen LogP) is 4.58. The summed E-state index contributed by atoms with van der Waals surface area (Å²) in [5, 5.41) is 3.88. The molecule has 0 aliphatic carbocycles. The van der Waals surface area contributed by atoms with Crippen molar-refractivity contribution in [3.05, 3.63) is 51.2 Å². The minimum absolute atomic E-state index is 0.120. The quantitative estimate of drug-likeness (QED) is 0.631. The average molecular weight is 443 g/mol. The molecular formula is C21H20BrFN4O. The maximum Gasteiger partial charge on any atom is 0.268 e. The van der Waals surface area contributed by atoms with Gasteiger partial charge in [-0.05, 0) is 62.1 Å². The van der Waals surface area contributed by atoms with E-state index >= 15 is 0 Å². The smallest absolute Gasteiger partial charge is 0.268 e. The highest BCUT2D eigenvalue weighted by Crippen LogP contribution is 2.32. The summed E-state index contributed by atoms with van der Waals surface area (Å²) in [6, 6.07) is 6.89. The van der Waals surface area contributed by atoms with E-state index in [9.17, 15) is 9.18 Å². The van der Waals surface area contributed by atoms with E-state index in [1.807, 2.05) is 19.9 Å². The van der Waals surface area contributed by atoms with Crippen LogP contribution in [0, 0.1) is 19.7 Å². The maximum atomic E-state index is 14.9. The molecule has 3 aromatic rings. The van der Waals surface area contributed by atoms with Crippen molar-refractivity contribution < 1.29 is 9.18 Å². The van der Waals surface area contributed by atoms with Crippen LogP contribution < -0.4 is 0 Å². The second-order valence-electron chi connectivity index (χ2n) is 7.62. The Labute approximate surface area is 170 Å². The zero-order chi connectivity index (χ0) is 19.6. The summed E-state index contributed by atoms with van der Waals surface area (Å²) in [6.07, 6.45) is 2.00. The number of piperidine rings is 1. The molecular weight excluding hydrogens is 423 g/mol. The number of carbonyl (C=O) groups excluding carboxylic acids is 1. The first-order valence-corrected chi connectivity index (χ1v) is 10.3. The highest BCUT2D eigenvalue weighted by atomic mass is 79.9. The van der Waals surface area contributed by atoms with Gasteiger partial charge in [-0.1, -0.05) is 15.9 Å². The number of benzene rings is 2. The molecule has 7 heteroatoms. The van der Waals surface area contributed by atoms with Crippen LogP contribution in [0.5, 0.6) is 0 Å². The Bertz CT molecular complexity index is 1110. The lowest BCUT2D eigenvalue weighted by Crippen LogP contribution is -2.38. The molecule has 2 fully saturated rings. The summed E-state index contributed by atoms with van der Waals surface area (Å²) in [5.41, 5.74) is 4.60. The number of hydrogen-bond acceptors (Lipinski definition) is 3. The molecule has 1 amide bonds. The predicted molar refractivity (Wildman–Crippen MR) is 109 cm³/mol. The number of aryl methyl sites for hydroxylation is 1. The zero-order valence-corrected chi connectivity index (χ0v) is 17.3. The minimum atomic E-state index is -0.445. The Hall–Kier alpha value is -2.25. The molecule has 2 aliphatic heterocycles. The molecule has 5 rings (SSSR count). The van der Waals surface area contributed by atoms with E-state index in [1.54, 1.807) is 17.1 Å². The van der Waals surface area contributed by atoms with Gasteiger partial charge >= 0.3 is 0 Å². The fourth-order valence-corrected chi connectivity index (χ4v) is 4.83. The van der Waals surface area contributed by atoms with Crippen molar-refractivity contribution in [1.82, 2.24) is 20.0 Å². The fraction of sp³-hybridized carbons (Fsp3) is 0.333. The second-order valence-corrected chi connectivity index (χ2v) is 8.47. The molecule has 2 bridgehead atoms. The van der Waals surface area contributed by atoms with Gasteiger partial charge < -0.3 is 4.98 Å². The third-order valence-electron chi connectivity index (χ3n) is 6.05. The summed E-state index contributed by atoms with van der Waals surface area (Å²) in [6.45, 7) is 5.84. The number of imidazole rings is 1. The van der Waals surface area contributed by atoms with Crippen molar-refractivity contribution in [2.75, 3.05) is 13.1 Å². The largest absolute Gasteiger partial charge is 0.338 e. The summed E-state index contributed by atoms with van der Waals surface area (Å²) in [4.78, 5) is 20.7. The van der Waals surface area contributed by atoms with Crippen molar-refractivity contribution >= 4 is 32.9 Å². The molecule has 2 aromatic carbocycles. The van der Waals surface area contributed by atoms with Crippen molar-refractivity contribution in [2.45, 2.75) is 32.7 Å². The lowest BCUT2D eigenvalue weighted by molar-refractivity contribution is 0.0334. The first-order chi connectivity index (χ1) is 13.4. The van der Waals surface area contributed by atoms with Crippen LogP contribution in [-0.2, 0) is 0 Å². The van der Waals surface area contributed by atoms with E-state index < -0.39 is 5.82 Å². The first-order valence-electron chi connectivity index (χ1n) is 9.48. The molecule has 28 heavy (non-hydrogen) atoms. The van der Waals surface area contributed by atoms with Crippen LogP contribution in [0.3, 0.4) is 0 Å². The van der Waals surface area contributed by atoms with Crippen molar-refractivity contribution in [1.29, 1.82) is 0 Å². The molecule has 0 unspecified atom stereocenters. The van der Waals surface area contributed by atoms with Gasteiger partial charge in [0.05, 0.1) is 22.6 Å². The standard InChI is InChI=1S/C21H20BrFN4O/c1-11-12(2)19-18(10-16(11)22)24-20(25-19)15-4-3-13(9-17(15)23)21(28)27-14-5-7-26(27)8-6-14/h3-4,9-10,14H,5-8H2,1-2H3,(H,24,25). The number of fused-ring (bicyclic) bond motifs is 3. The molecule has 0 saturated carbocycles. The molecule has 2 saturated heterocycles. The molecule has 1 aromatic heterocycles. The van der Waals surface area contributed by atoms with Gasteiger partial charge in [0.1, 0.15) is 11.6 Å². The molecule has 3 heterocycles. The number of hydrogen-bond donors (Lipinski definition) is 1. The molecule has 5 nitrogen and oxygen atoms in total. The van der Waals surface area contributed by atoms with Crippen LogP contribution in [0.2, 0.25) is 0 Å². The second kappa shape index (κ2) is 6.39. The first kappa shape index (κ1) is 17.8. The Morgan fingerprint density at radius 3 is 2.61 bits per heavy atom. The number of nitrogens with one attached hydrogen (secondary N) is 1. The zero-order valence-electron chi connectivity index (χ0n) is 15.7. The number of carbonyl (C=O) groups is 1. The minimum Gasteiger partial charge on any atom is -0.338 e. The lowest BCUT2D eigenvalue weighted by atomic mass is 10.1. The molecule has 0 radical (unpaired) electrons. The Morgan fingerprint density at radius 2 is 1.96 bits per heavy atom. The van der Waals surface area contributed by atoms with Crippen molar-refractivity contribution in [3.8, 4) is 11.4 Å². The van der Waals surface area contributed by atoms with E-state index in [0.717, 1.165) is 52.6 Å². The summed E-state index contributed by atoms with van der Waals surface area (Å²) in [5.74, 6) is -0.0950. The van der Waals surface area contributed by atoms with Crippen LogP contribution in [0.15, 0.2) is 28.7 Å². The summed E-state index contributed by atoms with van der Waals surface area (Å²) < 4.78 is 15.9. The van der Waals surface area contributed by atoms with E-state index in [0.29, 0.717) is 17.0 Å². The third-order valence-corrected chi connectivity index (χ3v) is 6.87. The third kappa shape index (κ3) is 2.60. The Balaban J connectivity index is 1.51. The Morgan fingerprint density at radius 1 is 1.21 bits per heavy atom. The van der Waals surface area contributed by atoms with Crippen LogP contribution in [0.25, 0.3) is 22.4 Å². The van der Waals surface area contributed by atoms with Crippen LogP contribution in [0.1, 0.15) is 34.3 Å². The van der Waals surface area contributed by atoms with E-state index in [1.165, 1.54) is 6.07 Å². The van der Waals surface area contributed by atoms with Gasteiger partial charge in [-0.3, -0.25) is 9.80 Å². The number of amides is 1. The monoisotopic (exact) mass is 442 g/mol. The molecule has 0 atom stereocenters. The molecule has 2 aliphatic rings. The van der Waals surface area contributed by atoms with Gasteiger partial charge in [0.15, 0.2) is 0 Å². The summed E-state index contributed by atoms with van der Waals surface area (Å²) >= 11 is 3.55. The topological polar surface area (TPSA) is 52.2 Å². The van der Waals surface area contributed by atoms with E-state index in [4.69, 9.17) is 0 Å². The van der Waals surface area contributed by atoms with Gasteiger partial charge in [0, 0.05) is 23.1 Å². The number of nitrogens with zero attached hydrogens (tertiary/aromatic N) is 3. The number of hydrazine groups is 1. The van der Waals surface area contributed by atoms with E-state index in [2.05, 4.69) is 30.9 Å². The lowest BCUT2D eigenvalue weighted by Gasteiger charge is -2.23. The van der Waals surface area contributed by atoms with Crippen molar-refractivity contribution in [3.63, 3.8) is 0 Å². The van der Waals surface area contributed by atoms with Crippen molar-refractivity contribution in [2.24, 2.45) is 0 Å². The maximum absolute atomic E-state index is 14.9. The van der Waals surface area contributed by atoms with Gasteiger partial charge in [-0.15, -0.1) is 0 Å². The fourth-order valence-electron chi connectivity index (χ4n) is 4.31. The highest BCUT2D eigenvalue weighted by Gasteiger charge is 2.41. The number of aromatic amines is 1. The van der Waals surface area contributed by atoms with Crippen LogP contribution >= 0.6 is 15.9 Å². The average Bonchev–Trinajstić information content (AvgIpc) is 3.39. The van der Waals surface area contributed by atoms with Gasteiger partial charge in [0.25, 0.3) is 5.91 Å². The highest BCUT2D eigenvalue weighted by molar-refractivity contribution is 9.10. The SMILES string of the molecule is Cc1c(Br)cc2[nH]c(-c3ccc(C(=O)N4C5CCN4CC5)cc3F)nc2c1C. The molecule has 0 spiro atoms.